The van der Waals surface area contributed by atoms with Crippen LogP contribution in [0.1, 0.15) is 27.4 Å². The van der Waals surface area contributed by atoms with E-state index in [2.05, 4.69) is 15.1 Å². The van der Waals surface area contributed by atoms with Gasteiger partial charge in [0.15, 0.2) is 11.4 Å². The van der Waals surface area contributed by atoms with Crippen LogP contribution in [0.15, 0.2) is 29.4 Å². The Balaban J connectivity index is 2.15. The minimum atomic E-state index is -0.805. The number of amides is 1. The summed E-state index contributed by atoms with van der Waals surface area (Å²) in [7, 11) is 1.56. The predicted octanol–water partition coefficient (Wildman–Crippen LogP) is 0.843. The van der Waals surface area contributed by atoms with E-state index in [9.17, 15) is 10.1 Å². The highest BCUT2D eigenvalue weighted by Crippen LogP contribution is 2.35. The molecule has 1 aliphatic rings. The monoisotopic (exact) mass is 323 g/mol. The Morgan fingerprint density at radius 3 is 2.67 bits per heavy atom. The Morgan fingerprint density at radius 2 is 2.00 bits per heavy atom. The number of rotatable bonds is 5. The second-order valence-corrected chi connectivity index (χ2v) is 4.91. The number of nitriles is 1. The molecular formula is C16H13N5O3. The van der Waals surface area contributed by atoms with Crippen LogP contribution in [0.2, 0.25) is 0 Å². The topological polar surface area (TPSA) is 123 Å². The second-order valence-electron chi connectivity index (χ2n) is 4.91. The molecule has 0 saturated heterocycles. The molecule has 1 aromatic heterocycles. The third-order valence-electron chi connectivity index (χ3n) is 3.43. The fourth-order valence-corrected chi connectivity index (χ4v) is 2.38. The van der Waals surface area contributed by atoms with Crippen LogP contribution in [0, 0.1) is 11.3 Å². The third-order valence-corrected chi connectivity index (χ3v) is 3.43. The van der Waals surface area contributed by atoms with Crippen molar-refractivity contribution >= 4 is 11.6 Å². The molecule has 2 N–H and O–H groups in total. The zero-order valence-corrected chi connectivity index (χ0v) is 12.8. The molecule has 1 amide bonds. The van der Waals surface area contributed by atoms with E-state index in [-0.39, 0.29) is 18.0 Å². The van der Waals surface area contributed by atoms with Crippen molar-refractivity contribution in [2.75, 3.05) is 20.3 Å². The zero-order valence-electron chi connectivity index (χ0n) is 12.8. The van der Waals surface area contributed by atoms with Gasteiger partial charge in [-0.05, 0) is 0 Å². The van der Waals surface area contributed by atoms with Crippen molar-refractivity contribution in [2.24, 2.45) is 10.9 Å². The minimum Gasteiger partial charge on any atom is -0.393 e. The van der Waals surface area contributed by atoms with E-state index >= 15 is 0 Å². The van der Waals surface area contributed by atoms with Crippen molar-refractivity contribution in [1.82, 2.24) is 9.97 Å². The molecule has 0 bridgehead atoms. The van der Waals surface area contributed by atoms with Crippen molar-refractivity contribution in [2.45, 2.75) is 0 Å². The highest BCUT2D eigenvalue weighted by molar-refractivity contribution is 6.22. The highest BCUT2D eigenvalue weighted by Gasteiger charge is 2.31. The highest BCUT2D eigenvalue weighted by atomic mass is 16.6. The van der Waals surface area contributed by atoms with Gasteiger partial charge in [-0.2, -0.15) is 5.26 Å². The summed E-state index contributed by atoms with van der Waals surface area (Å²) in [6, 6.07) is 9.19. The Bertz CT molecular complexity index is 886. The first kappa shape index (κ1) is 15.6. The molecule has 0 spiro atoms. The van der Waals surface area contributed by atoms with Gasteiger partial charge in [0.2, 0.25) is 0 Å². The summed E-state index contributed by atoms with van der Waals surface area (Å²) in [5, 5.41) is 13.3. The Hall–Kier alpha value is -3.31. The van der Waals surface area contributed by atoms with E-state index in [1.54, 1.807) is 7.11 Å². The van der Waals surface area contributed by atoms with E-state index in [0.717, 1.165) is 11.1 Å². The van der Waals surface area contributed by atoms with Gasteiger partial charge < -0.3 is 15.3 Å². The maximum Gasteiger partial charge on any atom is 0.270 e. The normalized spacial score (nSPS) is 13.2. The summed E-state index contributed by atoms with van der Waals surface area (Å²) < 4.78 is 4.91. The molecule has 1 aliphatic carbocycles. The number of hydrogen-bond acceptors (Lipinski definition) is 7. The molecule has 8 nitrogen and oxygen atoms in total. The summed E-state index contributed by atoms with van der Waals surface area (Å²) in [5.74, 6) is -0.805. The maximum atomic E-state index is 11.5. The maximum absolute atomic E-state index is 11.5. The lowest BCUT2D eigenvalue weighted by molar-refractivity contribution is 0.0753. The third kappa shape index (κ3) is 2.57. The summed E-state index contributed by atoms with van der Waals surface area (Å²) >= 11 is 0. The molecular weight excluding hydrogens is 310 g/mol. The van der Waals surface area contributed by atoms with Crippen LogP contribution in [0.4, 0.5) is 0 Å². The Morgan fingerprint density at radius 1 is 1.25 bits per heavy atom. The molecule has 3 rings (SSSR count). The van der Waals surface area contributed by atoms with Gasteiger partial charge in [0.05, 0.1) is 6.61 Å². The van der Waals surface area contributed by atoms with Gasteiger partial charge >= 0.3 is 0 Å². The van der Waals surface area contributed by atoms with E-state index in [4.69, 9.17) is 15.3 Å². The number of oxime groups is 1. The lowest BCUT2D eigenvalue weighted by Gasteiger charge is -2.04. The molecule has 24 heavy (non-hydrogen) atoms. The quantitative estimate of drug-likeness (QED) is 0.548. The number of hydrogen-bond donors (Lipinski definition) is 1. The molecule has 0 saturated carbocycles. The first-order valence-electron chi connectivity index (χ1n) is 7.08. The van der Waals surface area contributed by atoms with Crippen LogP contribution in [0.25, 0.3) is 11.3 Å². The van der Waals surface area contributed by atoms with Crippen molar-refractivity contribution in [3.63, 3.8) is 0 Å². The first-order chi connectivity index (χ1) is 11.7. The summed E-state index contributed by atoms with van der Waals surface area (Å²) in [4.78, 5) is 25.2. The molecule has 8 heteroatoms. The Labute approximate surface area is 137 Å². The van der Waals surface area contributed by atoms with Crippen LogP contribution in [-0.2, 0) is 9.57 Å². The fraction of sp³-hybridized carbons (Fsp3) is 0.188. The van der Waals surface area contributed by atoms with Crippen molar-refractivity contribution < 1.29 is 14.4 Å². The SMILES string of the molecule is COCCO/N=C1\c2ccccc2-c2nc(C(N)=O)c(C#N)nc21. The van der Waals surface area contributed by atoms with Crippen molar-refractivity contribution in [3.8, 4) is 17.3 Å². The number of carbonyl (C=O) groups excluding carboxylic acids is 1. The number of primary amides is 1. The van der Waals surface area contributed by atoms with Gasteiger partial charge in [0.1, 0.15) is 29.8 Å². The van der Waals surface area contributed by atoms with Crippen LogP contribution >= 0.6 is 0 Å². The predicted molar refractivity (Wildman–Crippen MR) is 84.2 cm³/mol. The van der Waals surface area contributed by atoms with Crippen LogP contribution in [0.5, 0.6) is 0 Å². The molecule has 0 radical (unpaired) electrons. The standard InChI is InChI=1S/C16H13N5O3/c1-23-6-7-24-21-13-10-5-3-2-4-9(10)12-15(13)19-11(8-17)14(20-12)16(18)22/h2-5H,6-7H2,1H3,(H2,18,22)/b21-13+. The first-order valence-corrected chi connectivity index (χ1v) is 7.08. The van der Waals surface area contributed by atoms with Crippen LogP contribution in [-0.4, -0.2) is 41.9 Å². The number of nitrogens with two attached hydrogens (primary N) is 1. The number of nitrogens with zero attached hydrogens (tertiary/aromatic N) is 4. The number of carbonyl (C=O) groups is 1. The van der Waals surface area contributed by atoms with E-state index in [0.29, 0.717) is 23.7 Å². The molecule has 0 aliphatic heterocycles. The number of fused-ring (bicyclic) bond motifs is 3. The second kappa shape index (κ2) is 6.44. The molecule has 2 aromatic rings. The van der Waals surface area contributed by atoms with Gasteiger partial charge in [-0.25, -0.2) is 9.97 Å². The lowest BCUT2D eigenvalue weighted by atomic mass is 10.1. The Kier molecular flexibility index (Phi) is 4.18. The van der Waals surface area contributed by atoms with E-state index in [1.807, 2.05) is 30.3 Å². The molecule has 0 atom stereocenters. The number of methoxy groups -OCH3 is 1. The zero-order chi connectivity index (χ0) is 17.1. The van der Waals surface area contributed by atoms with Gasteiger partial charge in [-0.15, -0.1) is 0 Å². The molecule has 120 valence electrons. The van der Waals surface area contributed by atoms with Crippen molar-refractivity contribution in [1.29, 1.82) is 5.26 Å². The number of benzene rings is 1. The van der Waals surface area contributed by atoms with Gasteiger partial charge in [-0.1, -0.05) is 29.4 Å². The average Bonchev–Trinajstić information content (AvgIpc) is 2.90. The van der Waals surface area contributed by atoms with Crippen LogP contribution in [0.3, 0.4) is 0 Å². The van der Waals surface area contributed by atoms with E-state index < -0.39 is 5.91 Å². The van der Waals surface area contributed by atoms with Gasteiger partial charge in [0.25, 0.3) is 5.91 Å². The summed E-state index contributed by atoms with van der Waals surface area (Å²) in [6.07, 6.45) is 0. The number of ether oxygens (including phenoxy) is 1. The van der Waals surface area contributed by atoms with Gasteiger partial charge in [0, 0.05) is 18.2 Å². The number of aromatic nitrogens is 2. The summed E-state index contributed by atoms with van der Waals surface area (Å²) in [5.41, 5.74) is 7.79. The minimum absolute atomic E-state index is 0.140. The average molecular weight is 323 g/mol. The fourth-order valence-electron chi connectivity index (χ4n) is 2.38. The molecule has 1 aromatic carbocycles. The smallest absolute Gasteiger partial charge is 0.270 e. The molecule has 1 heterocycles. The van der Waals surface area contributed by atoms with Crippen LogP contribution < -0.4 is 5.73 Å². The van der Waals surface area contributed by atoms with Gasteiger partial charge in [-0.3, -0.25) is 4.79 Å². The molecule has 0 unspecified atom stereocenters. The van der Waals surface area contributed by atoms with E-state index in [1.165, 1.54) is 0 Å². The molecule has 0 fully saturated rings. The largest absolute Gasteiger partial charge is 0.393 e. The lowest BCUT2D eigenvalue weighted by Crippen LogP contribution is -2.18. The summed E-state index contributed by atoms with van der Waals surface area (Å²) in [6.45, 7) is 0.663. The van der Waals surface area contributed by atoms with Crippen molar-refractivity contribution in [3.05, 3.63) is 46.9 Å².